The van der Waals surface area contributed by atoms with Crippen molar-refractivity contribution < 1.29 is 0 Å². The van der Waals surface area contributed by atoms with Gasteiger partial charge in [0.2, 0.25) is 0 Å². The Morgan fingerprint density at radius 1 is 1.27 bits per heavy atom. The molecule has 0 bridgehead atoms. The number of hydrogen-bond donors (Lipinski definition) is 0. The topological polar surface area (TPSA) is 58.7 Å². The van der Waals surface area contributed by atoms with Crippen LogP contribution in [0.15, 0.2) is 51.7 Å². The van der Waals surface area contributed by atoms with Gasteiger partial charge in [0.25, 0.3) is 5.56 Å². The van der Waals surface area contributed by atoms with Crippen LogP contribution in [0.3, 0.4) is 0 Å². The number of benzene rings is 1. The van der Waals surface area contributed by atoms with Crippen LogP contribution >= 0.6 is 23.1 Å². The van der Waals surface area contributed by atoms with E-state index in [1.807, 2.05) is 29.6 Å². The van der Waals surface area contributed by atoms with Crippen LogP contribution in [0, 0.1) is 11.3 Å². The molecule has 0 saturated heterocycles. The molecular formula is C16H13N3OS2. The van der Waals surface area contributed by atoms with Crippen LogP contribution in [-0.4, -0.2) is 15.3 Å². The third kappa shape index (κ3) is 3.06. The molecule has 0 N–H and O–H groups in total. The lowest BCUT2D eigenvalue weighted by Crippen LogP contribution is -2.24. The largest absolute Gasteiger partial charge is 0.287 e. The van der Waals surface area contributed by atoms with Crippen molar-refractivity contribution in [3.63, 3.8) is 0 Å². The van der Waals surface area contributed by atoms with Crippen LogP contribution < -0.4 is 5.56 Å². The number of rotatable bonds is 5. The minimum absolute atomic E-state index is 0.0393. The van der Waals surface area contributed by atoms with Gasteiger partial charge in [-0.05, 0) is 30.0 Å². The Balaban J connectivity index is 2.02. The summed E-state index contributed by atoms with van der Waals surface area (Å²) in [5.41, 5.74) is 0.642. The van der Waals surface area contributed by atoms with E-state index in [1.165, 1.54) is 16.6 Å². The molecule has 0 atom stereocenters. The Kier molecular flexibility index (Phi) is 4.56. The van der Waals surface area contributed by atoms with Crippen LogP contribution in [0.4, 0.5) is 0 Å². The van der Waals surface area contributed by atoms with Gasteiger partial charge in [-0.2, -0.15) is 5.26 Å². The standard InChI is InChI=1S/C16H13N3OS2/c17-8-11-22-16-18-14-6-2-1-5-13(14)15(20)19(16)9-7-12-4-3-10-21-12/h1-6,10H,7,9,11H2. The number of thiophene rings is 1. The molecule has 0 saturated carbocycles. The van der Waals surface area contributed by atoms with E-state index in [2.05, 4.69) is 17.1 Å². The molecule has 0 unspecified atom stereocenters. The Morgan fingerprint density at radius 3 is 2.91 bits per heavy atom. The summed E-state index contributed by atoms with van der Waals surface area (Å²) in [5.74, 6) is 0.282. The normalized spacial score (nSPS) is 10.7. The summed E-state index contributed by atoms with van der Waals surface area (Å²) < 4.78 is 1.68. The minimum atomic E-state index is -0.0393. The molecule has 4 nitrogen and oxygen atoms in total. The Bertz CT molecular complexity index is 879. The number of para-hydroxylation sites is 1. The fourth-order valence-corrected chi connectivity index (χ4v) is 3.61. The molecule has 0 fully saturated rings. The fourth-order valence-electron chi connectivity index (χ4n) is 2.23. The summed E-state index contributed by atoms with van der Waals surface area (Å²) >= 11 is 2.99. The Labute approximate surface area is 136 Å². The molecule has 2 heterocycles. The first-order valence-electron chi connectivity index (χ1n) is 6.81. The molecule has 0 amide bonds. The summed E-state index contributed by atoms with van der Waals surface area (Å²) in [4.78, 5) is 18.5. The van der Waals surface area contributed by atoms with E-state index >= 15 is 0 Å². The lowest BCUT2D eigenvalue weighted by atomic mass is 10.2. The van der Waals surface area contributed by atoms with Gasteiger partial charge in [-0.25, -0.2) is 4.98 Å². The summed E-state index contributed by atoms with van der Waals surface area (Å²) in [6.45, 7) is 0.574. The van der Waals surface area contributed by atoms with E-state index in [9.17, 15) is 4.79 Å². The number of nitriles is 1. The predicted molar refractivity (Wildman–Crippen MR) is 90.4 cm³/mol. The third-order valence-corrected chi connectivity index (χ3v) is 5.03. The number of hydrogen-bond acceptors (Lipinski definition) is 5. The van der Waals surface area contributed by atoms with E-state index in [4.69, 9.17) is 5.26 Å². The van der Waals surface area contributed by atoms with Crippen LogP contribution in [0.25, 0.3) is 10.9 Å². The number of nitrogens with zero attached hydrogens (tertiary/aromatic N) is 3. The minimum Gasteiger partial charge on any atom is -0.287 e. The zero-order chi connectivity index (χ0) is 15.4. The number of thioether (sulfide) groups is 1. The zero-order valence-electron chi connectivity index (χ0n) is 11.7. The number of fused-ring (bicyclic) bond motifs is 1. The van der Waals surface area contributed by atoms with Crippen LogP contribution in [-0.2, 0) is 13.0 Å². The van der Waals surface area contributed by atoms with Crippen molar-refractivity contribution in [3.05, 3.63) is 57.0 Å². The molecule has 22 heavy (non-hydrogen) atoms. The second kappa shape index (κ2) is 6.77. The van der Waals surface area contributed by atoms with Gasteiger partial charge >= 0.3 is 0 Å². The van der Waals surface area contributed by atoms with Crippen LogP contribution in [0.5, 0.6) is 0 Å². The van der Waals surface area contributed by atoms with Crippen molar-refractivity contribution in [2.75, 3.05) is 5.75 Å². The Morgan fingerprint density at radius 2 is 2.14 bits per heavy atom. The first-order valence-corrected chi connectivity index (χ1v) is 8.68. The van der Waals surface area contributed by atoms with Gasteiger partial charge in [0, 0.05) is 11.4 Å². The summed E-state index contributed by atoms with van der Waals surface area (Å²) in [6.07, 6.45) is 0.789. The van der Waals surface area contributed by atoms with Gasteiger partial charge in [0.15, 0.2) is 5.16 Å². The van der Waals surface area contributed by atoms with Gasteiger partial charge in [-0.3, -0.25) is 9.36 Å². The van der Waals surface area contributed by atoms with Gasteiger partial charge in [-0.1, -0.05) is 30.0 Å². The average molecular weight is 327 g/mol. The maximum absolute atomic E-state index is 12.7. The molecule has 6 heteroatoms. The van der Waals surface area contributed by atoms with E-state index in [1.54, 1.807) is 22.0 Å². The highest BCUT2D eigenvalue weighted by Gasteiger charge is 2.11. The van der Waals surface area contributed by atoms with Crippen molar-refractivity contribution in [1.82, 2.24) is 9.55 Å². The lowest BCUT2D eigenvalue weighted by Gasteiger charge is -2.11. The van der Waals surface area contributed by atoms with E-state index < -0.39 is 0 Å². The molecule has 3 aromatic rings. The summed E-state index contributed by atoms with van der Waals surface area (Å²) in [7, 11) is 0. The highest BCUT2D eigenvalue weighted by molar-refractivity contribution is 7.99. The summed E-state index contributed by atoms with van der Waals surface area (Å²) in [6, 6.07) is 13.5. The molecule has 0 spiro atoms. The molecule has 0 radical (unpaired) electrons. The number of aromatic nitrogens is 2. The maximum atomic E-state index is 12.7. The van der Waals surface area contributed by atoms with E-state index in [0.29, 0.717) is 22.6 Å². The van der Waals surface area contributed by atoms with Crippen LogP contribution in [0.1, 0.15) is 4.88 Å². The monoisotopic (exact) mass is 327 g/mol. The quantitative estimate of drug-likeness (QED) is 0.533. The highest BCUT2D eigenvalue weighted by Crippen LogP contribution is 2.18. The Hall–Kier alpha value is -2.10. The second-order valence-corrected chi connectivity index (χ2v) is 6.62. The van der Waals surface area contributed by atoms with Crippen molar-refractivity contribution >= 4 is 34.0 Å². The molecule has 110 valence electrons. The first-order chi connectivity index (χ1) is 10.8. The second-order valence-electron chi connectivity index (χ2n) is 4.64. The third-order valence-electron chi connectivity index (χ3n) is 3.25. The van der Waals surface area contributed by atoms with Gasteiger partial charge in [-0.15, -0.1) is 11.3 Å². The highest BCUT2D eigenvalue weighted by atomic mass is 32.2. The molecular weight excluding hydrogens is 314 g/mol. The molecule has 1 aromatic carbocycles. The van der Waals surface area contributed by atoms with Crippen molar-refractivity contribution in [3.8, 4) is 6.07 Å². The van der Waals surface area contributed by atoms with Gasteiger partial charge < -0.3 is 0 Å². The number of aryl methyl sites for hydroxylation is 1. The molecule has 0 aliphatic carbocycles. The zero-order valence-corrected chi connectivity index (χ0v) is 13.4. The van der Waals surface area contributed by atoms with E-state index in [0.717, 1.165) is 6.42 Å². The van der Waals surface area contributed by atoms with Crippen LogP contribution in [0.2, 0.25) is 0 Å². The molecule has 2 aromatic heterocycles. The van der Waals surface area contributed by atoms with E-state index in [-0.39, 0.29) is 11.3 Å². The SMILES string of the molecule is N#CCSc1nc2ccccc2c(=O)n1CCc1cccs1. The average Bonchev–Trinajstić information content (AvgIpc) is 3.05. The summed E-state index contributed by atoms with van der Waals surface area (Å²) in [5, 5.41) is 12.1. The van der Waals surface area contributed by atoms with Crippen molar-refractivity contribution in [2.24, 2.45) is 0 Å². The van der Waals surface area contributed by atoms with Crippen molar-refractivity contribution in [2.45, 2.75) is 18.1 Å². The lowest BCUT2D eigenvalue weighted by molar-refractivity contribution is 0.599. The predicted octanol–water partition coefficient (Wildman–Crippen LogP) is 3.32. The van der Waals surface area contributed by atoms with Crippen molar-refractivity contribution in [1.29, 1.82) is 5.26 Å². The first kappa shape index (κ1) is 14.8. The fraction of sp³-hybridized carbons (Fsp3) is 0.188. The maximum Gasteiger partial charge on any atom is 0.262 e. The molecule has 0 aliphatic rings. The van der Waals surface area contributed by atoms with Gasteiger partial charge in [0.1, 0.15) is 0 Å². The molecule has 3 rings (SSSR count). The smallest absolute Gasteiger partial charge is 0.262 e. The van der Waals surface area contributed by atoms with Gasteiger partial charge in [0.05, 0.1) is 22.7 Å². The molecule has 0 aliphatic heterocycles.